The van der Waals surface area contributed by atoms with Gasteiger partial charge in [0.1, 0.15) is 0 Å². The molecule has 17 heavy (non-hydrogen) atoms. The molecule has 0 rings (SSSR count). The van der Waals surface area contributed by atoms with Crippen LogP contribution in [0.3, 0.4) is 0 Å². The molecule has 0 aromatic heterocycles. The average molecular weight is 242 g/mol. The molecule has 0 heterocycles. The molecule has 0 radical (unpaired) electrons. The number of hydrogen-bond acceptors (Lipinski definition) is 2. The summed E-state index contributed by atoms with van der Waals surface area (Å²) in [5, 5.41) is 3.68. The maximum atomic E-state index is 3.68. The van der Waals surface area contributed by atoms with Gasteiger partial charge in [-0.05, 0) is 31.3 Å². The molecule has 0 aromatic rings. The number of nitrogens with zero attached hydrogens (tertiary/aromatic N) is 1. The molecular weight excluding hydrogens is 208 g/mol. The highest BCUT2D eigenvalue weighted by Gasteiger charge is 2.17. The van der Waals surface area contributed by atoms with Gasteiger partial charge in [0, 0.05) is 19.1 Å². The first-order valence-corrected chi connectivity index (χ1v) is 7.50. The van der Waals surface area contributed by atoms with Gasteiger partial charge in [-0.1, -0.05) is 48.0 Å². The topological polar surface area (TPSA) is 15.3 Å². The summed E-state index contributed by atoms with van der Waals surface area (Å²) >= 11 is 0. The number of hydrogen-bond donors (Lipinski definition) is 1. The second-order valence-electron chi connectivity index (χ2n) is 5.67. The van der Waals surface area contributed by atoms with Crippen LogP contribution in [0.2, 0.25) is 0 Å². The largest absolute Gasteiger partial charge is 0.312 e. The van der Waals surface area contributed by atoms with E-state index in [2.05, 4.69) is 51.8 Å². The van der Waals surface area contributed by atoms with Crippen molar-refractivity contribution < 1.29 is 0 Å². The zero-order valence-corrected chi connectivity index (χ0v) is 12.9. The van der Waals surface area contributed by atoms with Gasteiger partial charge in [0.2, 0.25) is 0 Å². The van der Waals surface area contributed by atoms with Crippen LogP contribution in [0.1, 0.15) is 54.4 Å². The quantitative estimate of drug-likeness (QED) is 0.632. The fourth-order valence-corrected chi connectivity index (χ4v) is 2.02. The SMILES string of the molecule is CCCNC(CN(CC)CC(C)CC)C(C)C. The summed E-state index contributed by atoms with van der Waals surface area (Å²) in [5.74, 6) is 1.53. The van der Waals surface area contributed by atoms with E-state index in [4.69, 9.17) is 0 Å². The van der Waals surface area contributed by atoms with Crippen LogP contribution in [0.4, 0.5) is 0 Å². The zero-order valence-electron chi connectivity index (χ0n) is 12.9. The lowest BCUT2D eigenvalue weighted by molar-refractivity contribution is 0.200. The monoisotopic (exact) mass is 242 g/mol. The maximum Gasteiger partial charge on any atom is 0.0217 e. The molecule has 2 atom stereocenters. The number of likely N-dealkylation sites (N-methyl/N-ethyl adjacent to an activating group) is 1. The Morgan fingerprint density at radius 2 is 1.65 bits per heavy atom. The van der Waals surface area contributed by atoms with Gasteiger partial charge in [-0.25, -0.2) is 0 Å². The first-order valence-electron chi connectivity index (χ1n) is 7.50. The van der Waals surface area contributed by atoms with Gasteiger partial charge in [-0.15, -0.1) is 0 Å². The Morgan fingerprint density at radius 3 is 2.06 bits per heavy atom. The highest BCUT2D eigenvalue weighted by atomic mass is 15.1. The van der Waals surface area contributed by atoms with Gasteiger partial charge in [0.05, 0.1) is 0 Å². The average Bonchev–Trinajstić information content (AvgIpc) is 2.32. The van der Waals surface area contributed by atoms with Crippen LogP contribution in [0.25, 0.3) is 0 Å². The van der Waals surface area contributed by atoms with Gasteiger partial charge >= 0.3 is 0 Å². The number of nitrogens with one attached hydrogen (secondary N) is 1. The van der Waals surface area contributed by atoms with Crippen LogP contribution in [-0.2, 0) is 0 Å². The highest BCUT2D eigenvalue weighted by Crippen LogP contribution is 2.08. The van der Waals surface area contributed by atoms with Gasteiger partial charge in [-0.3, -0.25) is 0 Å². The summed E-state index contributed by atoms with van der Waals surface area (Å²) in [6.07, 6.45) is 2.51. The number of rotatable bonds is 10. The van der Waals surface area contributed by atoms with E-state index >= 15 is 0 Å². The lowest BCUT2D eigenvalue weighted by Gasteiger charge is -2.31. The predicted octanol–water partition coefficient (Wildman–Crippen LogP) is 3.38. The van der Waals surface area contributed by atoms with Crippen molar-refractivity contribution in [2.75, 3.05) is 26.2 Å². The van der Waals surface area contributed by atoms with E-state index in [9.17, 15) is 0 Å². The molecule has 0 saturated carbocycles. The fourth-order valence-electron chi connectivity index (χ4n) is 2.02. The first kappa shape index (κ1) is 16.9. The Labute approximate surface area is 109 Å². The van der Waals surface area contributed by atoms with Crippen molar-refractivity contribution in [3.8, 4) is 0 Å². The van der Waals surface area contributed by atoms with Gasteiger partial charge in [0.25, 0.3) is 0 Å². The van der Waals surface area contributed by atoms with Crippen LogP contribution >= 0.6 is 0 Å². The Balaban J connectivity index is 4.17. The molecule has 0 aromatic carbocycles. The summed E-state index contributed by atoms with van der Waals surface area (Å²) < 4.78 is 0. The van der Waals surface area contributed by atoms with Crippen LogP contribution < -0.4 is 5.32 Å². The van der Waals surface area contributed by atoms with Crippen molar-refractivity contribution in [1.82, 2.24) is 10.2 Å². The molecule has 0 aliphatic heterocycles. The Morgan fingerprint density at radius 1 is 1.00 bits per heavy atom. The van der Waals surface area contributed by atoms with Crippen molar-refractivity contribution in [2.24, 2.45) is 11.8 Å². The fraction of sp³-hybridized carbons (Fsp3) is 1.00. The third kappa shape index (κ3) is 7.77. The van der Waals surface area contributed by atoms with E-state index in [0.717, 1.165) is 12.5 Å². The first-order chi connectivity index (χ1) is 8.04. The van der Waals surface area contributed by atoms with E-state index in [0.29, 0.717) is 12.0 Å². The molecule has 104 valence electrons. The minimum Gasteiger partial charge on any atom is -0.312 e. The Bertz CT molecular complexity index is 168. The van der Waals surface area contributed by atoms with Gasteiger partial charge in [0.15, 0.2) is 0 Å². The molecule has 0 aliphatic rings. The zero-order chi connectivity index (χ0) is 13.3. The van der Waals surface area contributed by atoms with E-state index in [1.54, 1.807) is 0 Å². The molecule has 0 saturated heterocycles. The van der Waals surface area contributed by atoms with Crippen LogP contribution in [0.15, 0.2) is 0 Å². The van der Waals surface area contributed by atoms with E-state index in [1.165, 1.54) is 32.5 Å². The lowest BCUT2D eigenvalue weighted by atomic mass is 10.0. The molecule has 0 bridgehead atoms. The molecule has 2 heteroatoms. The summed E-state index contributed by atoms with van der Waals surface area (Å²) in [5.41, 5.74) is 0. The third-order valence-electron chi connectivity index (χ3n) is 3.63. The Hall–Kier alpha value is -0.0800. The molecule has 2 unspecified atom stereocenters. The minimum absolute atomic E-state index is 0.638. The molecule has 0 aliphatic carbocycles. The van der Waals surface area contributed by atoms with Crippen molar-refractivity contribution >= 4 is 0 Å². The highest BCUT2D eigenvalue weighted by molar-refractivity contribution is 4.75. The summed E-state index contributed by atoms with van der Waals surface area (Å²) in [7, 11) is 0. The Kier molecular flexibility index (Phi) is 9.85. The molecule has 1 N–H and O–H groups in total. The van der Waals surface area contributed by atoms with Gasteiger partial charge < -0.3 is 10.2 Å². The van der Waals surface area contributed by atoms with Crippen molar-refractivity contribution in [3.05, 3.63) is 0 Å². The lowest BCUT2D eigenvalue weighted by Crippen LogP contribution is -2.45. The second-order valence-corrected chi connectivity index (χ2v) is 5.67. The second kappa shape index (κ2) is 9.90. The molecule has 0 amide bonds. The molecule has 0 spiro atoms. The van der Waals surface area contributed by atoms with E-state index in [-0.39, 0.29) is 0 Å². The van der Waals surface area contributed by atoms with Gasteiger partial charge in [-0.2, -0.15) is 0 Å². The predicted molar refractivity (Wildman–Crippen MR) is 78.5 cm³/mol. The summed E-state index contributed by atoms with van der Waals surface area (Å²) in [4.78, 5) is 2.60. The summed E-state index contributed by atoms with van der Waals surface area (Å²) in [6.45, 7) is 18.5. The van der Waals surface area contributed by atoms with Crippen molar-refractivity contribution in [2.45, 2.75) is 60.4 Å². The molecule has 2 nitrogen and oxygen atoms in total. The third-order valence-corrected chi connectivity index (χ3v) is 3.63. The standard InChI is InChI=1S/C15H34N2/c1-7-10-16-15(13(4)5)12-17(9-3)11-14(6)8-2/h13-16H,7-12H2,1-6H3. The smallest absolute Gasteiger partial charge is 0.0217 e. The summed E-state index contributed by atoms with van der Waals surface area (Å²) in [6, 6.07) is 0.638. The maximum absolute atomic E-state index is 3.68. The molecular formula is C15H34N2. The van der Waals surface area contributed by atoms with Crippen LogP contribution in [0.5, 0.6) is 0 Å². The van der Waals surface area contributed by atoms with Crippen molar-refractivity contribution in [3.63, 3.8) is 0 Å². The van der Waals surface area contributed by atoms with Crippen LogP contribution in [-0.4, -0.2) is 37.1 Å². The normalized spacial score (nSPS) is 15.5. The minimum atomic E-state index is 0.638. The van der Waals surface area contributed by atoms with E-state index < -0.39 is 0 Å². The van der Waals surface area contributed by atoms with E-state index in [1.807, 2.05) is 0 Å². The molecule has 0 fully saturated rings. The van der Waals surface area contributed by atoms with Crippen molar-refractivity contribution in [1.29, 1.82) is 0 Å². The van der Waals surface area contributed by atoms with Crippen LogP contribution in [0, 0.1) is 11.8 Å².